The first-order chi connectivity index (χ1) is 14.0. The van der Waals surface area contributed by atoms with Gasteiger partial charge in [0.2, 0.25) is 0 Å². The lowest BCUT2D eigenvalue weighted by atomic mass is 10.1. The summed E-state index contributed by atoms with van der Waals surface area (Å²) in [7, 11) is 0. The Morgan fingerprint density at radius 3 is 1.90 bits per heavy atom. The third-order valence-electron chi connectivity index (χ3n) is 4.52. The summed E-state index contributed by atoms with van der Waals surface area (Å²) in [6.07, 6.45) is 0. The van der Waals surface area contributed by atoms with E-state index in [1.165, 1.54) is 48.5 Å². The Balaban J connectivity index is 1.51. The van der Waals surface area contributed by atoms with Crippen molar-refractivity contribution in [3.05, 3.63) is 99.6 Å². The van der Waals surface area contributed by atoms with E-state index in [1.54, 1.807) is 24.3 Å². The zero-order valence-electron chi connectivity index (χ0n) is 14.9. The second kappa shape index (κ2) is 7.01. The number of nitrogens with zero attached hydrogens (tertiary/aromatic N) is 2. The van der Waals surface area contributed by atoms with Crippen molar-refractivity contribution < 1.29 is 19.3 Å². The maximum atomic E-state index is 12.5. The van der Waals surface area contributed by atoms with Gasteiger partial charge in [0.15, 0.2) is 0 Å². The van der Waals surface area contributed by atoms with Crippen molar-refractivity contribution >= 4 is 34.8 Å². The van der Waals surface area contributed by atoms with E-state index in [9.17, 15) is 24.5 Å². The highest BCUT2D eigenvalue weighted by molar-refractivity contribution is 6.34. The Morgan fingerprint density at radius 2 is 1.38 bits per heavy atom. The maximum Gasteiger partial charge on any atom is 0.269 e. The molecule has 0 aliphatic carbocycles. The summed E-state index contributed by atoms with van der Waals surface area (Å²) < 4.78 is 0. The molecule has 142 valence electrons. The average molecular weight is 387 g/mol. The van der Waals surface area contributed by atoms with Crippen molar-refractivity contribution in [2.24, 2.45) is 0 Å². The normalized spacial score (nSPS) is 12.6. The van der Waals surface area contributed by atoms with Gasteiger partial charge in [-0.3, -0.25) is 24.5 Å². The van der Waals surface area contributed by atoms with Gasteiger partial charge in [-0.1, -0.05) is 12.1 Å². The summed E-state index contributed by atoms with van der Waals surface area (Å²) in [5.74, 6) is -1.24. The number of rotatable bonds is 4. The third kappa shape index (κ3) is 3.23. The number of nitro benzene ring substituents is 1. The molecule has 0 atom stereocenters. The predicted octanol–water partition coefficient (Wildman–Crippen LogP) is 3.65. The molecule has 0 radical (unpaired) electrons. The Hall–Kier alpha value is -4.33. The molecule has 8 heteroatoms. The fraction of sp³-hybridized carbons (Fsp3) is 0. The second-order valence-corrected chi connectivity index (χ2v) is 6.30. The lowest BCUT2D eigenvalue weighted by molar-refractivity contribution is -0.384. The SMILES string of the molecule is O=C(Nc1ccc([N+](=O)[O-])cc1)c1ccc(N2C(=O)c3ccccc3C2=O)cc1. The van der Waals surface area contributed by atoms with Crippen LogP contribution < -0.4 is 10.2 Å². The van der Waals surface area contributed by atoms with Gasteiger partial charge in [0, 0.05) is 23.4 Å². The van der Waals surface area contributed by atoms with Gasteiger partial charge < -0.3 is 5.32 Å². The van der Waals surface area contributed by atoms with E-state index in [-0.39, 0.29) is 5.69 Å². The summed E-state index contributed by atoms with van der Waals surface area (Å²) in [6.45, 7) is 0. The quantitative estimate of drug-likeness (QED) is 0.417. The third-order valence-corrected chi connectivity index (χ3v) is 4.52. The van der Waals surface area contributed by atoms with Crippen LogP contribution in [0.25, 0.3) is 0 Å². The minimum absolute atomic E-state index is 0.0757. The van der Waals surface area contributed by atoms with Crippen LogP contribution in [-0.2, 0) is 0 Å². The van der Waals surface area contributed by atoms with Gasteiger partial charge in [0.05, 0.1) is 21.7 Å². The largest absolute Gasteiger partial charge is 0.322 e. The highest BCUT2D eigenvalue weighted by atomic mass is 16.6. The van der Waals surface area contributed by atoms with Crippen LogP contribution in [-0.4, -0.2) is 22.6 Å². The van der Waals surface area contributed by atoms with E-state index < -0.39 is 22.6 Å². The van der Waals surface area contributed by atoms with Gasteiger partial charge in [-0.2, -0.15) is 0 Å². The Labute approximate surface area is 164 Å². The number of imide groups is 1. The van der Waals surface area contributed by atoms with E-state index in [2.05, 4.69) is 5.32 Å². The van der Waals surface area contributed by atoms with Crippen LogP contribution in [0.15, 0.2) is 72.8 Å². The molecule has 0 fully saturated rings. The minimum atomic E-state index is -0.524. The number of hydrogen-bond acceptors (Lipinski definition) is 5. The number of amides is 3. The highest BCUT2D eigenvalue weighted by Gasteiger charge is 2.36. The number of carbonyl (C=O) groups excluding carboxylic acids is 3. The molecule has 3 aromatic carbocycles. The van der Waals surface area contributed by atoms with Crippen LogP contribution in [0.4, 0.5) is 17.1 Å². The van der Waals surface area contributed by atoms with E-state index in [1.807, 2.05) is 0 Å². The number of anilines is 2. The molecule has 29 heavy (non-hydrogen) atoms. The molecule has 3 amide bonds. The first kappa shape index (κ1) is 18.1. The molecule has 0 unspecified atom stereocenters. The molecule has 4 rings (SSSR count). The van der Waals surface area contributed by atoms with E-state index in [0.29, 0.717) is 28.1 Å². The first-order valence-corrected chi connectivity index (χ1v) is 8.59. The molecular weight excluding hydrogens is 374 g/mol. The number of hydrogen-bond donors (Lipinski definition) is 1. The van der Waals surface area contributed by atoms with Crippen LogP contribution in [0.1, 0.15) is 31.1 Å². The smallest absolute Gasteiger partial charge is 0.269 e. The fourth-order valence-corrected chi connectivity index (χ4v) is 3.06. The van der Waals surface area contributed by atoms with E-state index >= 15 is 0 Å². The zero-order valence-corrected chi connectivity index (χ0v) is 14.9. The number of fused-ring (bicyclic) bond motifs is 1. The maximum absolute atomic E-state index is 12.5. The lowest BCUT2D eigenvalue weighted by Gasteiger charge is -2.14. The summed E-state index contributed by atoms with van der Waals surface area (Å²) in [4.78, 5) is 48.7. The molecule has 0 bridgehead atoms. The predicted molar refractivity (Wildman–Crippen MR) is 105 cm³/mol. The molecule has 3 aromatic rings. The van der Waals surface area contributed by atoms with Crippen molar-refractivity contribution in [2.45, 2.75) is 0 Å². The molecule has 0 saturated heterocycles. The summed E-state index contributed by atoms with van der Waals surface area (Å²) >= 11 is 0. The average Bonchev–Trinajstić information content (AvgIpc) is 2.99. The molecular formula is C21H13N3O5. The van der Waals surface area contributed by atoms with Gasteiger partial charge >= 0.3 is 0 Å². The van der Waals surface area contributed by atoms with Crippen LogP contribution in [0.3, 0.4) is 0 Å². The van der Waals surface area contributed by atoms with Crippen molar-refractivity contribution in [3.8, 4) is 0 Å². The molecule has 8 nitrogen and oxygen atoms in total. The first-order valence-electron chi connectivity index (χ1n) is 8.59. The topological polar surface area (TPSA) is 110 Å². The summed E-state index contributed by atoms with van der Waals surface area (Å²) in [6, 6.07) is 18.1. The molecule has 1 heterocycles. The highest BCUT2D eigenvalue weighted by Crippen LogP contribution is 2.28. The molecule has 0 aromatic heterocycles. The molecule has 1 N–H and O–H groups in total. The van der Waals surface area contributed by atoms with E-state index in [0.717, 1.165) is 4.90 Å². The molecule has 0 spiro atoms. The molecule has 0 saturated carbocycles. The number of nitrogens with one attached hydrogen (secondary N) is 1. The van der Waals surface area contributed by atoms with Crippen LogP contribution >= 0.6 is 0 Å². The Bertz CT molecular complexity index is 1120. The van der Waals surface area contributed by atoms with Crippen LogP contribution in [0, 0.1) is 10.1 Å². The second-order valence-electron chi connectivity index (χ2n) is 6.30. The van der Waals surface area contributed by atoms with Gasteiger partial charge in [0.1, 0.15) is 0 Å². The van der Waals surface area contributed by atoms with Crippen molar-refractivity contribution in [1.29, 1.82) is 0 Å². The van der Waals surface area contributed by atoms with Crippen molar-refractivity contribution in [2.75, 3.05) is 10.2 Å². The Kier molecular flexibility index (Phi) is 4.36. The lowest BCUT2D eigenvalue weighted by Crippen LogP contribution is -2.29. The van der Waals surface area contributed by atoms with Gasteiger partial charge in [-0.05, 0) is 48.5 Å². The number of nitro groups is 1. The fourth-order valence-electron chi connectivity index (χ4n) is 3.06. The number of carbonyl (C=O) groups is 3. The van der Waals surface area contributed by atoms with Crippen LogP contribution in [0.5, 0.6) is 0 Å². The molecule has 1 aliphatic rings. The van der Waals surface area contributed by atoms with Crippen molar-refractivity contribution in [3.63, 3.8) is 0 Å². The number of benzene rings is 3. The van der Waals surface area contributed by atoms with E-state index in [4.69, 9.17) is 0 Å². The van der Waals surface area contributed by atoms with Gasteiger partial charge in [0.25, 0.3) is 23.4 Å². The van der Waals surface area contributed by atoms with Crippen LogP contribution in [0.2, 0.25) is 0 Å². The number of non-ortho nitro benzene ring substituents is 1. The Morgan fingerprint density at radius 1 is 0.828 bits per heavy atom. The summed E-state index contributed by atoms with van der Waals surface area (Å²) in [5, 5.41) is 13.3. The molecule has 1 aliphatic heterocycles. The minimum Gasteiger partial charge on any atom is -0.322 e. The monoisotopic (exact) mass is 387 g/mol. The zero-order chi connectivity index (χ0) is 20.5. The van der Waals surface area contributed by atoms with Crippen molar-refractivity contribution in [1.82, 2.24) is 0 Å². The van der Waals surface area contributed by atoms with Gasteiger partial charge in [-0.15, -0.1) is 0 Å². The van der Waals surface area contributed by atoms with Gasteiger partial charge in [-0.25, -0.2) is 4.90 Å². The summed E-state index contributed by atoms with van der Waals surface area (Å²) in [5.41, 5.74) is 1.69. The standard InChI is InChI=1S/C21H13N3O5/c25-19(22-14-7-11-16(12-8-14)24(28)29)13-5-9-15(10-6-13)23-20(26)17-3-1-2-4-18(17)21(23)27/h1-12H,(H,22,25).